The average molecular weight is 385 g/mol. The summed E-state index contributed by atoms with van der Waals surface area (Å²) in [6, 6.07) is 0. The van der Waals surface area contributed by atoms with Gasteiger partial charge in [-0.2, -0.15) is 0 Å². The highest BCUT2D eigenvalue weighted by molar-refractivity contribution is 7.48. The molecule has 0 rings (SSSR count). The maximum atomic E-state index is 12.5. The highest BCUT2D eigenvalue weighted by atomic mass is 35.5. The molecule has 0 radical (unpaired) electrons. The molecule has 0 aromatic rings. The summed E-state index contributed by atoms with van der Waals surface area (Å²) in [5.74, 6) is 1.73. The third-order valence-electron chi connectivity index (χ3n) is 3.68. The van der Waals surface area contributed by atoms with Gasteiger partial charge in [0.05, 0.1) is 19.8 Å². The fraction of sp³-hybridized carbons (Fsp3) is 1.00. The SMILES string of the molecule is CC(C)CCCCCOP(=O)(OCCCl)OCCCCCC(C)C. The van der Waals surface area contributed by atoms with E-state index in [1.165, 1.54) is 25.7 Å². The van der Waals surface area contributed by atoms with Gasteiger partial charge in [-0.25, -0.2) is 4.57 Å². The second-order valence-electron chi connectivity index (χ2n) is 7.12. The molecule has 4 nitrogen and oxygen atoms in total. The lowest BCUT2D eigenvalue weighted by molar-refractivity contribution is 0.114. The molecule has 0 spiro atoms. The lowest BCUT2D eigenvalue weighted by atomic mass is 10.1. The maximum absolute atomic E-state index is 12.5. The molecular formula is C18H38ClO4P. The maximum Gasteiger partial charge on any atom is 0.474 e. The van der Waals surface area contributed by atoms with Crippen molar-refractivity contribution in [1.29, 1.82) is 0 Å². The monoisotopic (exact) mass is 384 g/mol. The first kappa shape index (κ1) is 24.4. The Kier molecular flexibility index (Phi) is 15.9. The summed E-state index contributed by atoms with van der Waals surface area (Å²) in [6.07, 6.45) is 8.67. The molecule has 0 aliphatic rings. The molecule has 6 heteroatoms. The minimum atomic E-state index is -3.46. The van der Waals surface area contributed by atoms with Crippen LogP contribution in [0.2, 0.25) is 0 Å². The zero-order chi connectivity index (χ0) is 18.3. The highest BCUT2D eigenvalue weighted by Gasteiger charge is 2.26. The Labute approximate surface area is 154 Å². The topological polar surface area (TPSA) is 44.8 Å². The van der Waals surface area contributed by atoms with Gasteiger partial charge in [-0.15, -0.1) is 11.6 Å². The molecule has 0 fully saturated rings. The molecule has 0 heterocycles. The lowest BCUT2D eigenvalue weighted by Crippen LogP contribution is -2.05. The molecule has 0 aromatic heterocycles. The fourth-order valence-electron chi connectivity index (χ4n) is 2.27. The molecule has 146 valence electrons. The van der Waals surface area contributed by atoms with Crippen molar-refractivity contribution in [2.75, 3.05) is 25.7 Å². The Balaban J connectivity index is 3.92. The molecule has 0 N–H and O–H groups in total. The van der Waals surface area contributed by atoms with E-state index in [0.717, 1.165) is 37.5 Å². The van der Waals surface area contributed by atoms with Crippen molar-refractivity contribution in [1.82, 2.24) is 0 Å². The van der Waals surface area contributed by atoms with Gasteiger partial charge in [-0.3, -0.25) is 13.6 Å². The molecule has 0 aliphatic carbocycles. The van der Waals surface area contributed by atoms with Crippen molar-refractivity contribution in [3.8, 4) is 0 Å². The largest absolute Gasteiger partial charge is 0.474 e. The Hall–Kier alpha value is 0.400. The highest BCUT2D eigenvalue weighted by Crippen LogP contribution is 2.49. The molecule has 0 unspecified atom stereocenters. The average Bonchev–Trinajstić information content (AvgIpc) is 2.52. The lowest BCUT2D eigenvalue weighted by Gasteiger charge is -2.17. The Morgan fingerprint density at radius 1 is 0.708 bits per heavy atom. The summed E-state index contributed by atoms with van der Waals surface area (Å²) in [5, 5.41) is 0. The van der Waals surface area contributed by atoms with Crippen LogP contribution in [0.1, 0.15) is 79.1 Å². The summed E-state index contributed by atoms with van der Waals surface area (Å²) in [5.41, 5.74) is 0. The molecule has 0 aromatic carbocycles. The van der Waals surface area contributed by atoms with Crippen LogP contribution in [0.4, 0.5) is 0 Å². The van der Waals surface area contributed by atoms with Crippen LogP contribution >= 0.6 is 19.4 Å². The van der Waals surface area contributed by atoms with E-state index in [1.54, 1.807) is 0 Å². The number of hydrogen-bond acceptors (Lipinski definition) is 4. The molecule has 24 heavy (non-hydrogen) atoms. The minimum absolute atomic E-state index is 0.180. The Morgan fingerprint density at radius 3 is 1.50 bits per heavy atom. The van der Waals surface area contributed by atoms with E-state index in [4.69, 9.17) is 25.2 Å². The van der Waals surface area contributed by atoms with E-state index in [2.05, 4.69) is 27.7 Å². The van der Waals surface area contributed by atoms with E-state index in [9.17, 15) is 4.57 Å². The molecular weight excluding hydrogens is 347 g/mol. The van der Waals surface area contributed by atoms with E-state index in [-0.39, 0.29) is 12.5 Å². The van der Waals surface area contributed by atoms with Crippen molar-refractivity contribution >= 4 is 19.4 Å². The molecule has 0 atom stereocenters. The van der Waals surface area contributed by atoms with Crippen molar-refractivity contribution in [2.24, 2.45) is 11.8 Å². The van der Waals surface area contributed by atoms with Crippen LogP contribution in [0.3, 0.4) is 0 Å². The molecule has 0 aliphatic heterocycles. The van der Waals surface area contributed by atoms with E-state index >= 15 is 0 Å². The first-order chi connectivity index (χ1) is 11.4. The number of hydrogen-bond donors (Lipinski definition) is 0. The van der Waals surface area contributed by atoms with Crippen molar-refractivity contribution in [2.45, 2.75) is 79.1 Å². The molecule has 0 bridgehead atoms. The Morgan fingerprint density at radius 2 is 1.12 bits per heavy atom. The third kappa shape index (κ3) is 15.9. The van der Waals surface area contributed by atoms with Crippen molar-refractivity contribution in [3.63, 3.8) is 0 Å². The first-order valence-electron chi connectivity index (χ1n) is 9.49. The van der Waals surface area contributed by atoms with Crippen molar-refractivity contribution < 1.29 is 18.1 Å². The van der Waals surface area contributed by atoms with Crippen LogP contribution in [0.25, 0.3) is 0 Å². The second-order valence-corrected chi connectivity index (χ2v) is 9.17. The van der Waals surface area contributed by atoms with Gasteiger partial charge in [0.2, 0.25) is 0 Å². The summed E-state index contributed by atoms with van der Waals surface area (Å²) in [6.45, 7) is 9.88. The van der Waals surface area contributed by atoms with E-state index < -0.39 is 7.82 Å². The van der Waals surface area contributed by atoms with E-state index in [0.29, 0.717) is 13.2 Å². The normalized spacial score (nSPS) is 12.5. The van der Waals surface area contributed by atoms with Crippen molar-refractivity contribution in [3.05, 3.63) is 0 Å². The smallest absolute Gasteiger partial charge is 0.287 e. The summed E-state index contributed by atoms with van der Waals surface area (Å²) in [7, 11) is -3.46. The van der Waals surface area contributed by atoms with Gasteiger partial charge in [-0.05, 0) is 24.7 Å². The molecule has 0 saturated heterocycles. The van der Waals surface area contributed by atoms with Gasteiger partial charge in [0.1, 0.15) is 0 Å². The summed E-state index contributed by atoms with van der Waals surface area (Å²) < 4.78 is 28.6. The predicted molar refractivity (Wildman–Crippen MR) is 103 cm³/mol. The molecule has 0 amide bonds. The summed E-state index contributed by atoms with van der Waals surface area (Å²) >= 11 is 5.61. The van der Waals surface area contributed by atoms with Crippen LogP contribution in [-0.4, -0.2) is 25.7 Å². The van der Waals surface area contributed by atoms with Crippen LogP contribution in [0.5, 0.6) is 0 Å². The van der Waals surface area contributed by atoms with Crippen LogP contribution < -0.4 is 0 Å². The number of halogens is 1. The molecule has 0 saturated carbocycles. The zero-order valence-electron chi connectivity index (χ0n) is 16.1. The number of alkyl halides is 1. The van der Waals surface area contributed by atoms with Crippen LogP contribution in [0.15, 0.2) is 0 Å². The second kappa shape index (κ2) is 15.6. The Bertz CT molecular complexity index is 300. The quantitative estimate of drug-likeness (QED) is 0.157. The van der Waals surface area contributed by atoms with Gasteiger partial charge in [0.15, 0.2) is 0 Å². The van der Waals surface area contributed by atoms with Gasteiger partial charge >= 0.3 is 7.82 Å². The predicted octanol–water partition coefficient (Wildman–Crippen LogP) is 6.82. The first-order valence-corrected chi connectivity index (χ1v) is 11.5. The standard InChI is InChI=1S/C18H38ClO4P/c1-17(2)11-7-5-9-14-21-24(20,23-16-13-19)22-15-10-6-8-12-18(3)4/h17-18H,5-16H2,1-4H3. The number of unbranched alkanes of at least 4 members (excludes halogenated alkanes) is 4. The van der Waals surface area contributed by atoms with Gasteiger partial charge in [0.25, 0.3) is 0 Å². The van der Waals surface area contributed by atoms with Gasteiger partial charge < -0.3 is 0 Å². The number of rotatable bonds is 17. The minimum Gasteiger partial charge on any atom is -0.287 e. The van der Waals surface area contributed by atoms with Crippen LogP contribution in [0, 0.1) is 11.8 Å². The number of phosphoric acid groups is 1. The third-order valence-corrected chi connectivity index (χ3v) is 5.33. The van der Waals surface area contributed by atoms with Gasteiger partial charge in [0, 0.05) is 5.88 Å². The fourth-order valence-corrected chi connectivity index (χ4v) is 3.70. The zero-order valence-corrected chi connectivity index (χ0v) is 17.7. The summed E-state index contributed by atoms with van der Waals surface area (Å²) in [4.78, 5) is 0. The van der Waals surface area contributed by atoms with Crippen LogP contribution in [-0.2, 0) is 18.1 Å². The van der Waals surface area contributed by atoms with Gasteiger partial charge in [-0.1, -0.05) is 66.2 Å². The van der Waals surface area contributed by atoms with E-state index in [1.807, 2.05) is 0 Å². The number of phosphoric ester groups is 1.